The van der Waals surface area contributed by atoms with E-state index < -0.39 is 5.66 Å². The molecule has 0 spiro atoms. The number of hydrogen-bond donors (Lipinski definition) is 2. The molecule has 0 aromatic heterocycles. The van der Waals surface area contributed by atoms with Gasteiger partial charge >= 0.3 is 0 Å². The Balaban J connectivity index is 1.51. The largest absolute Gasteiger partial charge is 0.360 e. The Labute approximate surface area is 196 Å². The standard InChI is InChI=1S/C27H34N4S/c1-4-27(3,29-26(32)28-22-13-7-8-14-22)31-30-19(2)17-25-23-15-9-5-11-20(23)18-21-12-6-10-16-24(21)25/h5-6,9-12,15-16,18-19,22H,4,7-8,13-14,17H2,1-3H3,(H2,28,29,32). The van der Waals surface area contributed by atoms with Crippen LogP contribution in [-0.2, 0) is 6.42 Å². The lowest BCUT2D eigenvalue weighted by molar-refractivity contribution is 0.385. The van der Waals surface area contributed by atoms with Crippen molar-refractivity contribution in [2.24, 2.45) is 10.2 Å². The average Bonchev–Trinajstić information content (AvgIpc) is 3.30. The van der Waals surface area contributed by atoms with Gasteiger partial charge in [0.1, 0.15) is 5.66 Å². The predicted molar refractivity (Wildman–Crippen MR) is 139 cm³/mol. The monoisotopic (exact) mass is 446 g/mol. The van der Waals surface area contributed by atoms with Crippen LogP contribution in [0, 0.1) is 0 Å². The summed E-state index contributed by atoms with van der Waals surface area (Å²) in [4.78, 5) is 0. The van der Waals surface area contributed by atoms with Gasteiger partial charge in [0.15, 0.2) is 5.11 Å². The predicted octanol–water partition coefficient (Wildman–Crippen LogP) is 6.91. The van der Waals surface area contributed by atoms with Crippen LogP contribution >= 0.6 is 12.2 Å². The molecule has 1 saturated carbocycles. The third kappa shape index (κ3) is 5.26. The number of hydrogen-bond acceptors (Lipinski definition) is 3. The van der Waals surface area contributed by atoms with Crippen LogP contribution in [-0.4, -0.2) is 22.9 Å². The molecule has 168 valence electrons. The molecule has 0 radical (unpaired) electrons. The van der Waals surface area contributed by atoms with E-state index in [0.717, 1.165) is 12.8 Å². The fourth-order valence-corrected chi connectivity index (χ4v) is 5.00. The van der Waals surface area contributed by atoms with Crippen LogP contribution in [0.25, 0.3) is 21.5 Å². The van der Waals surface area contributed by atoms with Gasteiger partial charge in [0.05, 0.1) is 6.04 Å². The third-order valence-corrected chi connectivity index (χ3v) is 6.84. The van der Waals surface area contributed by atoms with E-state index in [9.17, 15) is 0 Å². The van der Waals surface area contributed by atoms with Gasteiger partial charge in [0.2, 0.25) is 0 Å². The summed E-state index contributed by atoms with van der Waals surface area (Å²) in [6.07, 6.45) is 6.62. The second-order valence-corrected chi connectivity index (χ2v) is 9.68. The van der Waals surface area contributed by atoms with E-state index in [2.05, 4.69) is 86.0 Å². The summed E-state index contributed by atoms with van der Waals surface area (Å²) in [5.41, 5.74) is 0.840. The number of rotatable bonds is 7. The Morgan fingerprint density at radius 1 is 1.06 bits per heavy atom. The van der Waals surface area contributed by atoms with Crippen molar-refractivity contribution in [1.29, 1.82) is 0 Å². The molecule has 2 N–H and O–H groups in total. The van der Waals surface area contributed by atoms with Crippen molar-refractivity contribution in [3.8, 4) is 0 Å². The number of benzene rings is 3. The van der Waals surface area contributed by atoms with E-state index >= 15 is 0 Å². The zero-order valence-electron chi connectivity index (χ0n) is 19.4. The minimum Gasteiger partial charge on any atom is -0.360 e. The molecule has 0 bridgehead atoms. The first-order chi connectivity index (χ1) is 15.5. The summed E-state index contributed by atoms with van der Waals surface area (Å²) in [7, 11) is 0. The number of nitrogens with zero attached hydrogens (tertiary/aromatic N) is 2. The van der Waals surface area contributed by atoms with Crippen LogP contribution in [0.2, 0.25) is 0 Å². The molecule has 1 aliphatic carbocycles. The average molecular weight is 447 g/mol. The van der Waals surface area contributed by atoms with Crippen LogP contribution < -0.4 is 10.6 Å². The van der Waals surface area contributed by atoms with Crippen LogP contribution in [0.4, 0.5) is 0 Å². The molecular weight excluding hydrogens is 412 g/mol. The lowest BCUT2D eigenvalue weighted by atomic mass is 9.93. The number of nitrogens with one attached hydrogen (secondary N) is 2. The fraction of sp³-hybridized carbons (Fsp3) is 0.444. The first kappa shape index (κ1) is 22.7. The van der Waals surface area contributed by atoms with Gasteiger partial charge in [-0.15, -0.1) is 0 Å². The summed E-state index contributed by atoms with van der Waals surface area (Å²) < 4.78 is 0. The summed E-state index contributed by atoms with van der Waals surface area (Å²) in [5.74, 6) is 0. The lowest BCUT2D eigenvalue weighted by Gasteiger charge is -2.27. The Hall–Kier alpha value is -2.53. The molecule has 2 atom stereocenters. The fourth-order valence-electron chi connectivity index (χ4n) is 4.61. The summed E-state index contributed by atoms with van der Waals surface area (Å²) in [6.45, 7) is 6.33. The molecule has 1 fully saturated rings. The van der Waals surface area contributed by atoms with Gasteiger partial charge in [-0.1, -0.05) is 68.3 Å². The highest BCUT2D eigenvalue weighted by Gasteiger charge is 2.24. The summed E-state index contributed by atoms with van der Waals surface area (Å²) in [6, 6.07) is 20.1. The second-order valence-electron chi connectivity index (χ2n) is 9.27. The maximum absolute atomic E-state index is 5.57. The highest BCUT2D eigenvalue weighted by atomic mass is 32.1. The van der Waals surface area contributed by atoms with Crippen molar-refractivity contribution >= 4 is 38.9 Å². The number of azo groups is 1. The van der Waals surface area contributed by atoms with Crippen molar-refractivity contribution in [2.45, 2.75) is 77.0 Å². The van der Waals surface area contributed by atoms with Gasteiger partial charge in [-0.3, -0.25) is 0 Å². The van der Waals surface area contributed by atoms with Gasteiger partial charge in [-0.05, 0) is 84.9 Å². The molecule has 32 heavy (non-hydrogen) atoms. The minimum atomic E-state index is -0.502. The van der Waals surface area contributed by atoms with Gasteiger partial charge < -0.3 is 10.6 Å². The van der Waals surface area contributed by atoms with Crippen LogP contribution in [0.1, 0.15) is 58.4 Å². The SMILES string of the molecule is CCC(C)(N=NC(C)Cc1c2ccccc2cc2ccccc12)NC(=S)NC1CCCC1. The van der Waals surface area contributed by atoms with E-state index in [-0.39, 0.29) is 6.04 Å². The molecule has 0 aliphatic heterocycles. The lowest BCUT2D eigenvalue weighted by Crippen LogP contribution is -2.50. The van der Waals surface area contributed by atoms with E-state index in [4.69, 9.17) is 22.4 Å². The van der Waals surface area contributed by atoms with Crippen molar-refractivity contribution in [2.75, 3.05) is 0 Å². The molecule has 0 saturated heterocycles. The zero-order valence-corrected chi connectivity index (χ0v) is 20.2. The molecule has 1 aliphatic rings. The zero-order chi connectivity index (χ0) is 22.6. The highest BCUT2D eigenvalue weighted by molar-refractivity contribution is 7.80. The van der Waals surface area contributed by atoms with Gasteiger partial charge in [0, 0.05) is 6.04 Å². The summed E-state index contributed by atoms with van der Waals surface area (Å²) in [5, 5.41) is 22.2. The molecule has 3 aromatic rings. The van der Waals surface area contributed by atoms with E-state index in [1.165, 1.54) is 52.8 Å². The Bertz CT molecular complexity index is 1070. The second kappa shape index (κ2) is 9.95. The van der Waals surface area contributed by atoms with E-state index in [0.29, 0.717) is 11.2 Å². The number of thiocarbonyl (C=S) groups is 1. The summed E-state index contributed by atoms with van der Waals surface area (Å²) >= 11 is 5.57. The van der Waals surface area contributed by atoms with Crippen LogP contribution in [0.3, 0.4) is 0 Å². The molecule has 4 nitrogen and oxygen atoms in total. The van der Waals surface area contributed by atoms with Crippen LogP contribution in [0.15, 0.2) is 64.8 Å². The Kier molecular flexibility index (Phi) is 7.04. The maximum atomic E-state index is 5.57. The molecular formula is C27H34N4S. The van der Waals surface area contributed by atoms with Crippen molar-refractivity contribution in [1.82, 2.24) is 10.6 Å². The molecule has 2 unspecified atom stereocenters. The van der Waals surface area contributed by atoms with Crippen molar-refractivity contribution < 1.29 is 0 Å². The molecule has 3 aromatic carbocycles. The molecule has 5 heteroatoms. The molecule has 4 rings (SSSR count). The quantitative estimate of drug-likeness (QED) is 0.235. The normalized spacial score (nSPS) is 17.6. The van der Waals surface area contributed by atoms with Crippen molar-refractivity contribution in [3.63, 3.8) is 0 Å². The molecule has 0 heterocycles. The van der Waals surface area contributed by atoms with E-state index in [1.807, 2.05) is 0 Å². The third-order valence-electron chi connectivity index (χ3n) is 6.62. The Morgan fingerprint density at radius 3 is 2.25 bits per heavy atom. The first-order valence-corrected chi connectivity index (χ1v) is 12.3. The highest BCUT2D eigenvalue weighted by Crippen LogP contribution is 2.30. The number of fused-ring (bicyclic) bond motifs is 2. The maximum Gasteiger partial charge on any atom is 0.168 e. The smallest absolute Gasteiger partial charge is 0.168 e. The Morgan fingerprint density at radius 2 is 1.66 bits per heavy atom. The van der Waals surface area contributed by atoms with Crippen LogP contribution in [0.5, 0.6) is 0 Å². The minimum absolute atomic E-state index is 0.0632. The van der Waals surface area contributed by atoms with Crippen molar-refractivity contribution in [3.05, 3.63) is 60.2 Å². The van der Waals surface area contributed by atoms with Gasteiger partial charge in [-0.25, -0.2) is 0 Å². The van der Waals surface area contributed by atoms with E-state index in [1.54, 1.807) is 0 Å². The van der Waals surface area contributed by atoms with Gasteiger partial charge in [-0.2, -0.15) is 10.2 Å². The first-order valence-electron chi connectivity index (χ1n) is 11.9. The molecule has 0 amide bonds. The van der Waals surface area contributed by atoms with Gasteiger partial charge in [0.25, 0.3) is 0 Å². The topological polar surface area (TPSA) is 48.8 Å².